The summed E-state index contributed by atoms with van der Waals surface area (Å²) < 4.78 is 0. The maximum Gasteiger partial charge on any atom is 0.283 e. The van der Waals surface area contributed by atoms with Crippen LogP contribution in [0.2, 0.25) is 15.1 Å². The number of nitro groups is 1. The molecular weight excluding hydrogens is 357 g/mol. The lowest BCUT2D eigenvalue weighted by atomic mass is 10.3. The van der Waals surface area contributed by atoms with Gasteiger partial charge in [-0.1, -0.05) is 34.8 Å². The van der Waals surface area contributed by atoms with Crippen molar-refractivity contribution in [1.29, 1.82) is 0 Å². The molecule has 5 nitrogen and oxygen atoms in total. The molecule has 110 valence electrons. The van der Waals surface area contributed by atoms with Crippen LogP contribution in [0, 0.1) is 17.0 Å². The van der Waals surface area contributed by atoms with E-state index < -0.39 is 4.92 Å². The van der Waals surface area contributed by atoms with E-state index in [2.05, 4.69) is 10.5 Å². The fourth-order valence-corrected chi connectivity index (χ4v) is 3.32. The minimum absolute atomic E-state index is 0.0732. The lowest BCUT2D eigenvalue weighted by molar-refractivity contribution is -0.385. The zero-order chi connectivity index (χ0) is 15.6. The molecule has 2 aromatic rings. The second-order valence-electron chi connectivity index (χ2n) is 3.96. The molecule has 1 aromatic carbocycles. The Labute approximate surface area is 139 Å². The molecule has 0 aliphatic rings. The fraction of sp³-hybridized carbons (Fsp3) is 0.0833. The molecule has 21 heavy (non-hydrogen) atoms. The van der Waals surface area contributed by atoms with Crippen molar-refractivity contribution >= 4 is 63.7 Å². The zero-order valence-electron chi connectivity index (χ0n) is 10.6. The van der Waals surface area contributed by atoms with Gasteiger partial charge in [0.1, 0.15) is 0 Å². The van der Waals surface area contributed by atoms with Gasteiger partial charge in [-0.05, 0) is 19.1 Å². The Morgan fingerprint density at radius 2 is 1.90 bits per heavy atom. The maximum absolute atomic E-state index is 10.8. The number of anilines is 1. The first kappa shape index (κ1) is 16.0. The molecule has 0 saturated carbocycles. The quantitative estimate of drug-likeness (QED) is 0.450. The number of hydrogen-bond acceptors (Lipinski definition) is 5. The Bertz CT molecular complexity index is 708. The van der Waals surface area contributed by atoms with Gasteiger partial charge in [-0.2, -0.15) is 5.10 Å². The summed E-state index contributed by atoms with van der Waals surface area (Å²) in [4.78, 5) is 11.6. The van der Waals surface area contributed by atoms with Gasteiger partial charge in [-0.25, -0.2) is 0 Å². The molecule has 0 aliphatic carbocycles. The van der Waals surface area contributed by atoms with E-state index in [0.29, 0.717) is 30.5 Å². The average Bonchev–Trinajstić information content (AvgIpc) is 2.74. The van der Waals surface area contributed by atoms with Crippen LogP contribution >= 0.6 is 46.1 Å². The summed E-state index contributed by atoms with van der Waals surface area (Å²) in [5, 5.41) is 15.8. The standard InChI is InChI=1S/C12H8Cl3N3O2S/c1-6-11(18(19)20)4-8(21-6)5-16-17-12-9(14)2-7(13)3-10(12)15/h2-5,17H,1H3. The number of hydrazone groups is 1. The summed E-state index contributed by atoms with van der Waals surface area (Å²) >= 11 is 19.1. The SMILES string of the molecule is Cc1sc(C=NNc2c(Cl)cc(Cl)cc2Cl)cc1[N+](=O)[O-]. The molecular formula is C12H8Cl3N3O2S. The molecule has 0 atom stereocenters. The molecule has 0 radical (unpaired) electrons. The van der Waals surface area contributed by atoms with Gasteiger partial charge in [0.05, 0.1) is 36.6 Å². The Hall–Kier alpha value is -1.34. The van der Waals surface area contributed by atoms with Gasteiger partial charge in [0, 0.05) is 11.1 Å². The molecule has 0 spiro atoms. The van der Waals surface area contributed by atoms with E-state index in [4.69, 9.17) is 34.8 Å². The molecule has 0 saturated heterocycles. The second kappa shape index (κ2) is 6.62. The molecule has 1 heterocycles. The first-order chi connectivity index (χ1) is 9.88. The van der Waals surface area contributed by atoms with Crippen LogP contribution < -0.4 is 5.43 Å². The van der Waals surface area contributed by atoms with E-state index in [-0.39, 0.29) is 5.69 Å². The van der Waals surface area contributed by atoms with Crippen molar-refractivity contribution in [1.82, 2.24) is 0 Å². The van der Waals surface area contributed by atoms with Crippen molar-refractivity contribution in [2.24, 2.45) is 5.10 Å². The van der Waals surface area contributed by atoms with Gasteiger partial charge in [0.2, 0.25) is 0 Å². The number of nitrogens with zero attached hydrogens (tertiary/aromatic N) is 2. The van der Waals surface area contributed by atoms with Crippen molar-refractivity contribution in [3.63, 3.8) is 0 Å². The summed E-state index contributed by atoms with van der Waals surface area (Å²) in [5.41, 5.74) is 3.19. The smallest absolute Gasteiger partial charge is 0.275 e. The van der Waals surface area contributed by atoms with Crippen LogP contribution in [-0.2, 0) is 0 Å². The number of thiophene rings is 1. The summed E-state index contributed by atoms with van der Waals surface area (Å²) in [7, 11) is 0. The van der Waals surface area contributed by atoms with Gasteiger partial charge in [0.15, 0.2) is 0 Å². The van der Waals surface area contributed by atoms with E-state index in [1.54, 1.807) is 6.92 Å². The first-order valence-corrected chi connectivity index (χ1v) is 7.52. The van der Waals surface area contributed by atoms with Crippen LogP contribution in [-0.4, -0.2) is 11.1 Å². The van der Waals surface area contributed by atoms with Crippen LogP contribution in [0.3, 0.4) is 0 Å². The third-order valence-corrected chi connectivity index (χ3v) is 4.27. The summed E-state index contributed by atoms with van der Waals surface area (Å²) in [5.74, 6) is 0. The predicted molar refractivity (Wildman–Crippen MR) is 88.4 cm³/mol. The number of aryl methyl sites for hydroxylation is 1. The Morgan fingerprint density at radius 1 is 1.29 bits per heavy atom. The van der Waals surface area contributed by atoms with E-state index in [1.807, 2.05) is 0 Å². The highest BCUT2D eigenvalue weighted by atomic mass is 35.5. The largest absolute Gasteiger partial charge is 0.283 e. The van der Waals surface area contributed by atoms with Gasteiger partial charge >= 0.3 is 0 Å². The number of nitrogens with one attached hydrogen (secondary N) is 1. The molecule has 0 unspecified atom stereocenters. The van der Waals surface area contributed by atoms with Crippen LogP contribution in [0.5, 0.6) is 0 Å². The fourth-order valence-electron chi connectivity index (χ4n) is 1.55. The zero-order valence-corrected chi connectivity index (χ0v) is 13.6. The molecule has 0 bridgehead atoms. The van der Waals surface area contributed by atoms with Gasteiger partial charge < -0.3 is 0 Å². The van der Waals surface area contributed by atoms with Crippen molar-refractivity contribution in [3.8, 4) is 0 Å². The minimum atomic E-state index is -0.427. The van der Waals surface area contributed by atoms with Crippen molar-refractivity contribution in [3.05, 3.63) is 53.1 Å². The van der Waals surface area contributed by atoms with E-state index in [1.165, 1.54) is 35.8 Å². The van der Waals surface area contributed by atoms with E-state index in [0.717, 1.165) is 0 Å². The second-order valence-corrected chi connectivity index (χ2v) is 6.50. The third-order valence-electron chi connectivity index (χ3n) is 2.48. The molecule has 1 aromatic heterocycles. The Balaban J connectivity index is 2.16. The monoisotopic (exact) mass is 363 g/mol. The van der Waals surface area contributed by atoms with Crippen molar-refractivity contribution in [2.75, 3.05) is 5.43 Å². The molecule has 0 aliphatic heterocycles. The van der Waals surface area contributed by atoms with Crippen LogP contribution in [0.4, 0.5) is 11.4 Å². The van der Waals surface area contributed by atoms with Gasteiger partial charge in [-0.3, -0.25) is 15.5 Å². The number of halogens is 3. The molecule has 1 N–H and O–H groups in total. The lowest BCUT2D eigenvalue weighted by Crippen LogP contribution is -1.92. The van der Waals surface area contributed by atoms with Crippen LogP contribution in [0.1, 0.15) is 9.75 Å². The molecule has 2 rings (SSSR count). The van der Waals surface area contributed by atoms with Crippen molar-refractivity contribution in [2.45, 2.75) is 6.92 Å². The topological polar surface area (TPSA) is 67.5 Å². The minimum Gasteiger partial charge on any atom is -0.275 e. The van der Waals surface area contributed by atoms with Crippen molar-refractivity contribution < 1.29 is 4.92 Å². The summed E-state index contributed by atoms with van der Waals surface area (Å²) in [6, 6.07) is 4.52. The highest BCUT2D eigenvalue weighted by molar-refractivity contribution is 7.14. The van der Waals surface area contributed by atoms with Crippen LogP contribution in [0.15, 0.2) is 23.3 Å². The lowest BCUT2D eigenvalue weighted by Gasteiger charge is -2.06. The maximum atomic E-state index is 10.8. The highest BCUT2D eigenvalue weighted by Gasteiger charge is 2.14. The molecule has 9 heteroatoms. The highest BCUT2D eigenvalue weighted by Crippen LogP contribution is 2.33. The van der Waals surface area contributed by atoms with E-state index >= 15 is 0 Å². The Kier molecular flexibility index (Phi) is 5.05. The number of hydrogen-bond donors (Lipinski definition) is 1. The van der Waals surface area contributed by atoms with Gasteiger partial charge in [0.25, 0.3) is 5.69 Å². The molecule has 0 amide bonds. The normalized spacial score (nSPS) is 11.0. The number of rotatable bonds is 4. The number of benzene rings is 1. The Morgan fingerprint density at radius 3 is 2.43 bits per heavy atom. The molecule has 0 fully saturated rings. The summed E-state index contributed by atoms with van der Waals surface area (Å²) in [6.07, 6.45) is 1.46. The predicted octanol–water partition coefficient (Wildman–Crippen LogP) is 5.37. The third kappa shape index (κ3) is 3.85. The average molecular weight is 365 g/mol. The van der Waals surface area contributed by atoms with Crippen LogP contribution in [0.25, 0.3) is 0 Å². The summed E-state index contributed by atoms with van der Waals surface area (Å²) in [6.45, 7) is 1.68. The first-order valence-electron chi connectivity index (χ1n) is 5.57. The van der Waals surface area contributed by atoms with Gasteiger partial charge in [-0.15, -0.1) is 11.3 Å². The van der Waals surface area contributed by atoms with E-state index in [9.17, 15) is 10.1 Å².